The quantitative estimate of drug-likeness (QED) is 0.599. The minimum Gasteiger partial charge on any atom is -0.501 e. The van der Waals surface area contributed by atoms with Gasteiger partial charge in [0.2, 0.25) is 5.75 Å². The lowest BCUT2D eigenvalue weighted by Crippen LogP contribution is -2.42. The maximum atomic E-state index is 13.5. The molecule has 1 aromatic carbocycles. The second-order valence-corrected chi connectivity index (χ2v) is 7.03. The average Bonchev–Trinajstić information content (AvgIpc) is 2.69. The number of halogens is 1. The first-order valence-electron chi connectivity index (χ1n) is 9.08. The normalized spacial score (nSPS) is 14.7. The molecule has 0 atom stereocenters. The Balaban J connectivity index is 1.89. The topological polar surface area (TPSA) is 132 Å². The lowest BCUT2D eigenvalue weighted by molar-refractivity contribution is -0.0566. The number of nitrogens with one attached hydrogen (secondary N) is 2. The van der Waals surface area contributed by atoms with Gasteiger partial charge in [0, 0.05) is 13.6 Å². The van der Waals surface area contributed by atoms with E-state index in [4.69, 9.17) is 4.74 Å². The van der Waals surface area contributed by atoms with E-state index >= 15 is 0 Å². The number of aromatic nitrogens is 2. The number of ether oxygens (including phenoxy) is 1. The number of rotatable bonds is 5. The lowest BCUT2D eigenvalue weighted by Gasteiger charge is -2.32. The third-order valence-corrected chi connectivity index (χ3v) is 4.60. The second kappa shape index (κ2) is 8.20. The van der Waals surface area contributed by atoms with Crippen molar-refractivity contribution >= 4 is 11.9 Å². The molecule has 0 saturated carbocycles. The molecule has 160 valence electrons. The summed E-state index contributed by atoms with van der Waals surface area (Å²) in [4.78, 5) is 45.9. The third kappa shape index (κ3) is 4.02. The molecular weight excluding hydrogens is 399 g/mol. The molecule has 10 nitrogen and oxygen atoms in total. The first kappa shape index (κ1) is 21.4. The van der Waals surface area contributed by atoms with E-state index in [1.807, 2.05) is 0 Å². The molecular formula is C19H21FN4O6. The number of nitrogens with zero attached hydrogens (tertiary/aromatic N) is 2. The Hall–Kier alpha value is -3.31. The van der Waals surface area contributed by atoms with E-state index in [1.165, 1.54) is 17.7 Å². The van der Waals surface area contributed by atoms with Gasteiger partial charge < -0.3 is 20.0 Å². The van der Waals surface area contributed by atoms with Crippen LogP contribution in [0.4, 0.5) is 4.39 Å². The van der Waals surface area contributed by atoms with Gasteiger partial charge in [-0.1, -0.05) is 6.07 Å². The summed E-state index contributed by atoms with van der Waals surface area (Å²) in [7, 11) is 1.37. The second-order valence-electron chi connectivity index (χ2n) is 7.03. The molecule has 1 aromatic heterocycles. The molecule has 2 aromatic rings. The van der Waals surface area contributed by atoms with Crippen LogP contribution in [0.15, 0.2) is 23.0 Å². The zero-order chi connectivity index (χ0) is 22.1. The van der Waals surface area contributed by atoms with Crippen LogP contribution in [0.25, 0.3) is 0 Å². The molecule has 3 rings (SSSR count). The Kier molecular flexibility index (Phi) is 5.85. The van der Waals surface area contributed by atoms with Crippen LogP contribution in [-0.2, 0) is 28.3 Å². The number of aromatic hydroxyl groups is 1. The van der Waals surface area contributed by atoms with Gasteiger partial charge >= 0.3 is 5.97 Å². The Morgan fingerprint density at radius 2 is 2.13 bits per heavy atom. The van der Waals surface area contributed by atoms with Crippen molar-refractivity contribution in [3.63, 3.8) is 0 Å². The molecule has 0 aliphatic carbocycles. The summed E-state index contributed by atoms with van der Waals surface area (Å²) >= 11 is 0. The Morgan fingerprint density at radius 1 is 1.40 bits per heavy atom. The molecule has 0 radical (unpaired) electrons. The van der Waals surface area contributed by atoms with Gasteiger partial charge in [-0.2, -0.15) is 5.48 Å². The molecule has 3 N–H and O–H groups in total. The Morgan fingerprint density at radius 3 is 2.83 bits per heavy atom. The van der Waals surface area contributed by atoms with Crippen LogP contribution in [0.2, 0.25) is 0 Å². The highest BCUT2D eigenvalue weighted by Gasteiger charge is 2.34. The number of benzene rings is 1. The Labute approximate surface area is 170 Å². The molecule has 30 heavy (non-hydrogen) atoms. The van der Waals surface area contributed by atoms with E-state index in [9.17, 15) is 23.9 Å². The van der Waals surface area contributed by atoms with Gasteiger partial charge in [0.25, 0.3) is 11.5 Å². The Bertz CT molecular complexity index is 1070. The highest BCUT2D eigenvalue weighted by Crippen LogP contribution is 2.27. The van der Waals surface area contributed by atoms with Crippen molar-refractivity contribution in [1.29, 1.82) is 0 Å². The van der Waals surface area contributed by atoms with Crippen LogP contribution in [0.3, 0.4) is 0 Å². The van der Waals surface area contributed by atoms with E-state index in [0.29, 0.717) is 0 Å². The molecule has 0 fully saturated rings. The molecule has 2 heterocycles. The molecule has 1 amide bonds. The highest BCUT2D eigenvalue weighted by molar-refractivity contribution is 5.95. The van der Waals surface area contributed by atoms with Crippen LogP contribution in [0.1, 0.15) is 46.1 Å². The lowest BCUT2D eigenvalue weighted by atomic mass is 10.1. The fraction of sp³-hybridized carbons (Fsp3) is 0.368. The number of hydroxylamine groups is 1. The van der Waals surface area contributed by atoms with E-state index in [-0.39, 0.29) is 36.6 Å². The summed E-state index contributed by atoms with van der Waals surface area (Å²) < 4.78 is 20.4. The van der Waals surface area contributed by atoms with Gasteiger partial charge in [0.1, 0.15) is 17.2 Å². The van der Waals surface area contributed by atoms with Crippen LogP contribution in [-0.4, -0.2) is 40.2 Å². The number of carbonyl (C=O) groups is 2. The van der Waals surface area contributed by atoms with Crippen LogP contribution in [0.5, 0.6) is 5.75 Å². The molecule has 0 spiro atoms. The number of amides is 1. The predicted molar refractivity (Wildman–Crippen MR) is 101 cm³/mol. The largest absolute Gasteiger partial charge is 0.501 e. The van der Waals surface area contributed by atoms with Crippen molar-refractivity contribution in [2.24, 2.45) is 0 Å². The predicted octanol–water partition coefficient (Wildman–Crippen LogP) is 0.575. The van der Waals surface area contributed by atoms with Crippen LogP contribution >= 0.6 is 0 Å². The fourth-order valence-electron chi connectivity index (χ4n) is 3.13. The van der Waals surface area contributed by atoms with E-state index < -0.39 is 40.3 Å². The average molecular weight is 420 g/mol. The van der Waals surface area contributed by atoms with Crippen LogP contribution in [0, 0.1) is 5.82 Å². The standard InChI is InChI=1S/C19H21FN4O6/c1-19(2)18-23-13(14(25)16(27)24(18)6-7-29-19)15(26)22-9-10-4-5-11(20)8-12(10)17(28)30-21-3/h4-5,8,21,25H,6-7,9H2,1-3H3,(H,22,26). The van der Waals surface area contributed by atoms with E-state index in [1.54, 1.807) is 13.8 Å². The van der Waals surface area contributed by atoms with Crippen LogP contribution < -0.4 is 16.4 Å². The third-order valence-electron chi connectivity index (χ3n) is 4.60. The maximum Gasteiger partial charge on any atom is 0.357 e. The zero-order valence-corrected chi connectivity index (χ0v) is 16.6. The summed E-state index contributed by atoms with van der Waals surface area (Å²) in [5, 5.41) is 12.7. The van der Waals surface area contributed by atoms with Crippen molar-refractivity contribution in [1.82, 2.24) is 20.3 Å². The molecule has 0 saturated heterocycles. The van der Waals surface area contributed by atoms with E-state index in [0.717, 1.165) is 12.1 Å². The molecule has 11 heteroatoms. The van der Waals surface area contributed by atoms with Crippen molar-refractivity contribution in [3.8, 4) is 5.75 Å². The number of fused-ring (bicyclic) bond motifs is 1. The minimum absolute atomic E-state index is 0.0955. The number of carbonyl (C=O) groups excluding carboxylic acids is 2. The van der Waals surface area contributed by atoms with Gasteiger partial charge in [-0.15, -0.1) is 0 Å². The summed E-state index contributed by atoms with van der Waals surface area (Å²) in [6.07, 6.45) is 0. The van der Waals surface area contributed by atoms with Crippen molar-refractivity contribution in [2.75, 3.05) is 13.7 Å². The maximum absolute atomic E-state index is 13.5. The van der Waals surface area contributed by atoms with Gasteiger partial charge in [0.05, 0.1) is 18.7 Å². The smallest absolute Gasteiger partial charge is 0.357 e. The highest BCUT2D eigenvalue weighted by atomic mass is 19.1. The molecule has 0 unspecified atom stereocenters. The van der Waals surface area contributed by atoms with Gasteiger partial charge in [-0.25, -0.2) is 14.2 Å². The first-order valence-corrected chi connectivity index (χ1v) is 9.08. The number of hydrogen-bond donors (Lipinski definition) is 3. The summed E-state index contributed by atoms with van der Waals surface area (Å²) in [5.74, 6) is -2.92. The van der Waals surface area contributed by atoms with Crippen molar-refractivity contribution in [3.05, 3.63) is 57.0 Å². The summed E-state index contributed by atoms with van der Waals surface area (Å²) in [6, 6.07) is 3.41. The van der Waals surface area contributed by atoms with Gasteiger partial charge in [0.15, 0.2) is 5.69 Å². The zero-order valence-electron chi connectivity index (χ0n) is 16.6. The SMILES string of the molecule is CNOC(=O)c1cc(F)ccc1CNC(=O)c1nc2n(c(=O)c1O)CCOC2(C)C. The monoisotopic (exact) mass is 420 g/mol. The molecule has 1 aliphatic rings. The fourth-order valence-corrected chi connectivity index (χ4v) is 3.13. The van der Waals surface area contributed by atoms with Gasteiger partial charge in [-0.05, 0) is 31.5 Å². The van der Waals surface area contributed by atoms with Crippen molar-refractivity contribution in [2.45, 2.75) is 32.5 Å². The summed E-state index contributed by atoms with van der Waals surface area (Å²) in [5.41, 5.74) is 0.229. The van der Waals surface area contributed by atoms with Gasteiger partial charge in [-0.3, -0.25) is 14.2 Å². The molecule has 1 aliphatic heterocycles. The number of hydrogen-bond acceptors (Lipinski definition) is 8. The van der Waals surface area contributed by atoms with Crippen molar-refractivity contribution < 1.29 is 28.7 Å². The first-order chi connectivity index (χ1) is 14.2. The summed E-state index contributed by atoms with van der Waals surface area (Å²) in [6.45, 7) is 3.66. The molecule has 0 bridgehead atoms. The van der Waals surface area contributed by atoms with E-state index in [2.05, 4.69) is 20.6 Å². The minimum atomic E-state index is -0.929.